The molecule has 1 aliphatic heterocycles. The van der Waals surface area contributed by atoms with Crippen LogP contribution in [0.25, 0.3) is 17.5 Å². The summed E-state index contributed by atoms with van der Waals surface area (Å²) < 4.78 is 8.97. The van der Waals surface area contributed by atoms with Gasteiger partial charge in [-0.25, -0.2) is 4.57 Å². The van der Waals surface area contributed by atoms with Crippen molar-refractivity contribution in [2.24, 2.45) is 5.92 Å². The van der Waals surface area contributed by atoms with Gasteiger partial charge in [0.1, 0.15) is 18.0 Å². The van der Waals surface area contributed by atoms with Gasteiger partial charge in [-0.3, -0.25) is 4.79 Å². The lowest BCUT2D eigenvalue weighted by Crippen LogP contribution is -2.27. The average Bonchev–Trinajstić information content (AvgIpc) is 3.06. The molecule has 2 unspecified atom stereocenters. The Bertz CT molecular complexity index is 1090. The van der Waals surface area contributed by atoms with Crippen LogP contribution in [0.4, 0.5) is 0 Å². The molecule has 4 rings (SSSR count). The van der Waals surface area contributed by atoms with Crippen LogP contribution in [0, 0.1) is 17.2 Å². The smallest absolute Gasteiger partial charge is 0.270 e. The predicted molar refractivity (Wildman–Crippen MR) is 91.4 cm³/mol. The van der Waals surface area contributed by atoms with E-state index in [2.05, 4.69) is 16.2 Å². The van der Waals surface area contributed by atoms with Gasteiger partial charge in [0.2, 0.25) is 11.7 Å². The molecule has 3 heterocycles. The first kappa shape index (κ1) is 15.1. The van der Waals surface area contributed by atoms with Crippen LogP contribution in [-0.2, 0) is 0 Å². The lowest BCUT2D eigenvalue weighted by molar-refractivity contribution is 0.170. The van der Waals surface area contributed by atoms with Gasteiger partial charge >= 0.3 is 0 Å². The van der Waals surface area contributed by atoms with Gasteiger partial charge in [-0.15, -0.1) is 0 Å². The maximum absolute atomic E-state index is 13.2. The second-order valence-corrected chi connectivity index (χ2v) is 5.99. The highest BCUT2D eigenvalue weighted by Gasteiger charge is 2.28. The van der Waals surface area contributed by atoms with Crippen LogP contribution in [0.15, 0.2) is 47.0 Å². The zero-order valence-corrected chi connectivity index (χ0v) is 13.7. The summed E-state index contributed by atoms with van der Waals surface area (Å²) in [5.74, 6) is 0.540. The molecular weight excluding hydrogens is 318 g/mol. The van der Waals surface area contributed by atoms with Gasteiger partial charge in [0, 0.05) is 11.5 Å². The van der Waals surface area contributed by atoms with E-state index in [1.165, 1.54) is 15.4 Å². The minimum absolute atomic E-state index is 0.138. The number of benzene rings is 1. The molecule has 2 aromatic heterocycles. The first-order valence-electron chi connectivity index (χ1n) is 7.94. The average molecular weight is 333 g/mol. The largest absolute Gasteiger partial charge is 0.473 e. The molecular formula is C18H15N5O2. The number of para-hydroxylation sites is 1. The standard InChI is InChI=1S/C18H15N5O2/c1-11-12(2)25-17-15(8-13(11)9-19)16(24)22(14-6-4-3-5-7-14)18-20-10-21-23(17)18/h3-8,10-12H,1-2H3. The molecule has 2 atom stereocenters. The molecule has 0 saturated carbocycles. The first-order valence-corrected chi connectivity index (χ1v) is 7.94. The Labute approximate surface area is 143 Å². The molecule has 0 aliphatic carbocycles. The van der Waals surface area contributed by atoms with E-state index in [4.69, 9.17) is 4.74 Å². The summed E-state index contributed by atoms with van der Waals surface area (Å²) in [4.78, 5) is 17.4. The van der Waals surface area contributed by atoms with E-state index < -0.39 is 0 Å². The Morgan fingerprint density at radius 3 is 2.72 bits per heavy atom. The highest BCUT2D eigenvalue weighted by atomic mass is 16.5. The number of fused-ring (bicyclic) bond motifs is 3. The number of nitriles is 1. The van der Waals surface area contributed by atoms with Crippen molar-refractivity contribution in [3.05, 3.63) is 58.1 Å². The Balaban J connectivity index is 2.13. The summed E-state index contributed by atoms with van der Waals surface area (Å²) >= 11 is 0. The molecule has 7 heteroatoms. The molecule has 0 N–H and O–H groups in total. The van der Waals surface area contributed by atoms with E-state index in [9.17, 15) is 10.1 Å². The SMILES string of the molecule is CC1Oc2c(c(=O)n(-c3ccccc3)c3ncnn23)C=C(C#N)C1C. The zero-order chi connectivity index (χ0) is 17.6. The van der Waals surface area contributed by atoms with Crippen molar-refractivity contribution in [3.8, 4) is 17.6 Å². The van der Waals surface area contributed by atoms with Gasteiger partial charge < -0.3 is 4.74 Å². The van der Waals surface area contributed by atoms with E-state index >= 15 is 0 Å². The molecule has 0 fully saturated rings. The van der Waals surface area contributed by atoms with Crippen LogP contribution in [-0.4, -0.2) is 25.3 Å². The van der Waals surface area contributed by atoms with Gasteiger partial charge in [-0.2, -0.15) is 19.9 Å². The summed E-state index contributed by atoms with van der Waals surface area (Å²) in [5, 5.41) is 13.7. The van der Waals surface area contributed by atoms with Gasteiger partial charge in [0.25, 0.3) is 5.56 Å². The second-order valence-electron chi connectivity index (χ2n) is 5.99. The van der Waals surface area contributed by atoms with Crippen molar-refractivity contribution in [2.75, 3.05) is 0 Å². The molecule has 0 bridgehead atoms. The van der Waals surface area contributed by atoms with Crippen LogP contribution in [0.2, 0.25) is 0 Å². The van der Waals surface area contributed by atoms with E-state index in [1.54, 1.807) is 6.08 Å². The van der Waals surface area contributed by atoms with Crippen LogP contribution >= 0.6 is 0 Å². The topological polar surface area (TPSA) is 85.2 Å². The fraction of sp³-hybridized carbons (Fsp3) is 0.222. The lowest BCUT2D eigenvalue weighted by atomic mass is 9.96. The summed E-state index contributed by atoms with van der Waals surface area (Å²) in [5.41, 5.74) is 1.18. The van der Waals surface area contributed by atoms with Crippen LogP contribution in [0.3, 0.4) is 0 Å². The highest BCUT2D eigenvalue weighted by molar-refractivity contribution is 5.64. The third-order valence-corrected chi connectivity index (χ3v) is 4.52. The minimum Gasteiger partial charge on any atom is -0.473 e. The minimum atomic E-state index is -0.296. The van der Waals surface area contributed by atoms with E-state index in [1.807, 2.05) is 44.2 Å². The number of nitrogens with zero attached hydrogens (tertiary/aromatic N) is 5. The molecule has 1 aliphatic rings. The maximum Gasteiger partial charge on any atom is 0.270 e. The van der Waals surface area contributed by atoms with Gasteiger partial charge in [0.15, 0.2) is 0 Å². The van der Waals surface area contributed by atoms with Crippen LogP contribution < -0.4 is 10.3 Å². The normalized spacial score (nSPS) is 19.5. The monoisotopic (exact) mass is 333 g/mol. The van der Waals surface area contributed by atoms with Gasteiger partial charge in [-0.05, 0) is 25.1 Å². The molecule has 25 heavy (non-hydrogen) atoms. The summed E-state index contributed by atoms with van der Waals surface area (Å²) in [6.07, 6.45) is 2.71. The molecule has 0 spiro atoms. The summed E-state index contributed by atoms with van der Waals surface area (Å²) in [6.45, 7) is 3.77. The number of hydrogen-bond acceptors (Lipinski definition) is 5. The van der Waals surface area contributed by atoms with Crippen molar-refractivity contribution in [1.82, 2.24) is 19.2 Å². The molecule has 7 nitrogen and oxygen atoms in total. The molecule has 1 aromatic carbocycles. The van der Waals surface area contributed by atoms with E-state index in [-0.39, 0.29) is 17.6 Å². The Morgan fingerprint density at radius 1 is 1.24 bits per heavy atom. The van der Waals surface area contributed by atoms with Crippen molar-refractivity contribution in [1.29, 1.82) is 5.26 Å². The van der Waals surface area contributed by atoms with Crippen LogP contribution in [0.5, 0.6) is 5.88 Å². The molecule has 0 amide bonds. The molecule has 3 aromatic rings. The third-order valence-electron chi connectivity index (χ3n) is 4.52. The zero-order valence-electron chi connectivity index (χ0n) is 13.7. The first-order chi connectivity index (χ1) is 12.1. The predicted octanol–water partition coefficient (Wildman–Crippen LogP) is 2.20. The Kier molecular flexibility index (Phi) is 3.39. The fourth-order valence-electron chi connectivity index (χ4n) is 2.95. The number of hydrogen-bond donors (Lipinski definition) is 0. The van der Waals surface area contributed by atoms with Crippen molar-refractivity contribution in [3.63, 3.8) is 0 Å². The third kappa shape index (κ3) is 2.22. The summed E-state index contributed by atoms with van der Waals surface area (Å²) in [6, 6.07) is 11.4. The summed E-state index contributed by atoms with van der Waals surface area (Å²) in [7, 11) is 0. The van der Waals surface area contributed by atoms with Gasteiger partial charge in [-0.1, -0.05) is 25.1 Å². The quantitative estimate of drug-likeness (QED) is 0.681. The molecule has 0 radical (unpaired) electrons. The number of aromatic nitrogens is 4. The Morgan fingerprint density at radius 2 is 2.00 bits per heavy atom. The highest BCUT2D eigenvalue weighted by Crippen LogP contribution is 2.30. The van der Waals surface area contributed by atoms with E-state index in [0.29, 0.717) is 28.5 Å². The number of rotatable bonds is 1. The van der Waals surface area contributed by atoms with Crippen molar-refractivity contribution >= 4 is 11.9 Å². The fourth-order valence-corrected chi connectivity index (χ4v) is 2.95. The van der Waals surface area contributed by atoms with E-state index in [0.717, 1.165) is 0 Å². The van der Waals surface area contributed by atoms with Crippen molar-refractivity contribution < 1.29 is 4.74 Å². The Hall–Kier alpha value is -3.40. The molecule has 124 valence electrons. The second kappa shape index (κ2) is 5.60. The van der Waals surface area contributed by atoms with Gasteiger partial charge in [0.05, 0.1) is 11.8 Å². The lowest BCUT2D eigenvalue weighted by Gasteiger charge is -2.19. The number of ether oxygens (including phenoxy) is 1. The molecule has 0 saturated heterocycles. The maximum atomic E-state index is 13.2. The van der Waals surface area contributed by atoms with Crippen molar-refractivity contribution in [2.45, 2.75) is 20.0 Å². The van der Waals surface area contributed by atoms with Crippen LogP contribution in [0.1, 0.15) is 19.4 Å².